The lowest BCUT2D eigenvalue weighted by atomic mass is 10.1. The van der Waals surface area contributed by atoms with Crippen molar-refractivity contribution in [2.45, 2.75) is 19.8 Å². The van der Waals surface area contributed by atoms with Crippen LogP contribution in [-0.4, -0.2) is 24.0 Å². The molecule has 1 unspecified atom stereocenters. The van der Waals surface area contributed by atoms with Gasteiger partial charge in [-0.1, -0.05) is 12.0 Å². The van der Waals surface area contributed by atoms with Crippen LogP contribution in [-0.2, 0) is 11.2 Å². The van der Waals surface area contributed by atoms with Gasteiger partial charge in [-0.25, -0.2) is 4.98 Å². The van der Waals surface area contributed by atoms with Crippen molar-refractivity contribution in [3.8, 4) is 0 Å². The van der Waals surface area contributed by atoms with Crippen LogP contribution in [0.2, 0.25) is 0 Å². The monoisotopic (exact) mass is 245 g/mol. The third kappa shape index (κ3) is 2.60. The average molecular weight is 245 g/mol. The van der Waals surface area contributed by atoms with E-state index in [-0.39, 0.29) is 11.8 Å². The fourth-order valence-corrected chi connectivity index (χ4v) is 2.11. The molecule has 6 nitrogen and oxygen atoms in total. The summed E-state index contributed by atoms with van der Waals surface area (Å²) in [7, 11) is 0. The number of aromatic nitrogens is 1. The van der Waals surface area contributed by atoms with E-state index in [1.165, 1.54) is 0 Å². The van der Waals surface area contributed by atoms with Crippen molar-refractivity contribution < 1.29 is 4.79 Å². The maximum Gasteiger partial charge on any atom is 0.228 e. The smallest absolute Gasteiger partial charge is 0.228 e. The molecule has 1 aromatic rings. The molecule has 0 bridgehead atoms. The predicted octanol–water partition coefficient (Wildman–Crippen LogP) is 2.31. The zero-order chi connectivity index (χ0) is 13.0. The molecule has 0 aromatic carbocycles. The van der Waals surface area contributed by atoms with Gasteiger partial charge in [0.2, 0.25) is 5.91 Å². The van der Waals surface area contributed by atoms with Gasteiger partial charge in [0.05, 0.1) is 0 Å². The van der Waals surface area contributed by atoms with Crippen molar-refractivity contribution in [2.24, 2.45) is 11.0 Å². The van der Waals surface area contributed by atoms with Crippen molar-refractivity contribution in [3.63, 3.8) is 0 Å². The first-order valence-corrected chi connectivity index (χ1v) is 6.00. The molecule has 1 saturated heterocycles. The van der Waals surface area contributed by atoms with Gasteiger partial charge in [0.15, 0.2) is 0 Å². The van der Waals surface area contributed by atoms with Gasteiger partial charge in [0, 0.05) is 30.6 Å². The Balaban J connectivity index is 2.13. The highest BCUT2D eigenvalue weighted by atomic mass is 16.2. The van der Waals surface area contributed by atoms with Crippen molar-refractivity contribution in [1.29, 1.82) is 0 Å². The summed E-state index contributed by atoms with van der Waals surface area (Å²) < 4.78 is 0. The van der Waals surface area contributed by atoms with Gasteiger partial charge in [-0.3, -0.25) is 9.69 Å². The Bertz CT molecular complexity index is 495. The minimum Gasteiger partial charge on any atom is -0.297 e. The number of carbonyl (C=O) groups excluding carboxylic acids is 1. The molecule has 2 rings (SSSR count). The van der Waals surface area contributed by atoms with Gasteiger partial charge in [0.1, 0.15) is 5.82 Å². The van der Waals surface area contributed by atoms with Crippen LogP contribution in [0.5, 0.6) is 0 Å². The minimum absolute atomic E-state index is 0.0499. The maximum atomic E-state index is 11.9. The highest BCUT2D eigenvalue weighted by Gasteiger charge is 2.30. The summed E-state index contributed by atoms with van der Waals surface area (Å²) >= 11 is 0. The minimum atomic E-state index is 0.0499. The van der Waals surface area contributed by atoms with E-state index in [4.69, 9.17) is 5.53 Å². The second-order valence-electron chi connectivity index (χ2n) is 4.36. The molecule has 0 saturated carbocycles. The summed E-state index contributed by atoms with van der Waals surface area (Å²) in [4.78, 5) is 20.5. The van der Waals surface area contributed by atoms with Crippen LogP contribution in [0.25, 0.3) is 10.4 Å². The first-order chi connectivity index (χ1) is 8.74. The Hall–Kier alpha value is -2.07. The molecule has 2 heterocycles. The molecule has 1 aliphatic rings. The Morgan fingerprint density at radius 1 is 1.67 bits per heavy atom. The molecular weight excluding hydrogens is 230 g/mol. The van der Waals surface area contributed by atoms with Crippen LogP contribution in [0.1, 0.15) is 18.9 Å². The van der Waals surface area contributed by atoms with Crippen LogP contribution in [0.3, 0.4) is 0 Å². The number of nitrogens with zero attached hydrogens (tertiary/aromatic N) is 5. The summed E-state index contributed by atoms with van der Waals surface area (Å²) in [6.07, 6.45) is 3.07. The fraction of sp³-hybridized carbons (Fsp3) is 0.500. The lowest BCUT2D eigenvalue weighted by molar-refractivity contribution is -0.117. The predicted molar refractivity (Wildman–Crippen MR) is 68.1 cm³/mol. The summed E-state index contributed by atoms with van der Waals surface area (Å²) in [5, 5.41) is 3.53. The fourth-order valence-electron chi connectivity index (χ4n) is 2.11. The van der Waals surface area contributed by atoms with E-state index in [2.05, 4.69) is 21.9 Å². The number of aryl methyl sites for hydroxylation is 1. The van der Waals surface area contributed by atoms with Crippen molar-refractivity contribution in [3.05, 3.63) is 34.3 Å². The van der Waals surface area contributed by atoms with E-state index in [0.29, 0.717) is 25.3 Å². The molecule has 94 valence electrons. The van der Waals surface area contributed by atoms with Gasteiger partial charge in [-0.15, -0.1) is 0 Å². The number of hydrogen-bond donors (Lipinski definition) is 0. The van der Waals surface area contributed by atoms with Crippen LogP contribution < -0.4 is 4.90 Å². The van der Waals surface area contributed by atoms with E-state index in [9.17, 15) is 4.79 Å². The molecule has 0 aliphatic carbocycles. The van der Waals surface area contributed by atoms with Crippen LogP contribution in [0.4, 0.5) is 5.82 Å². The van der Waals surface area contributed by atoms with E-state index in [0.717, 1.165) is 12.0 Å². The Morgan fingerprint density at radius 2 is 2.50 bits per heavy atom. The molecule has 1 aliphatic heterocycles. The van der Waals surface area contributed by atoms with Gasteiger partial charge in [0.25, 0.3) is 0 Å². The van der Waals surface area contributed by atoms with Crippen molar-refractivity contribution in [2.75, 3.05) is 18.0 Å². The zero-order valence-electron chi connectivity index (χ0n) is 10.3. The molecule has 1 amide bonds. The number of anilines is 1. The van der Waals surface area contributed by atoms with E-state index >= 15 is 0 Å². The normalized spacial score (nSPS) is 18.8. The number of amides is 1. The van der Waals surface area contributed by atoms with Crippen LogP contribution in [0.15, 0.2) is 23.4 Å². The van der Waals surface area contributed by atoms with Crippen LogP contribution >= 0.6 is 0 Å². The van der Waals surface area contributed by atoms with Crippen molar-refractivity contribution in [1.82, 2.24) is 4.98 Å². The molecule has 1 atom stereocenters. The molecule has 0 spiro atoms. The first kappa shape index (κ1) is 12.4. The Morgan fingerprint density at radius 3 is 3.22 bits per heavy atom. The second kappa shape index (κ2) is 5.51. The number of hydrogen-bond acceptors (Lipinski definition) is 3. The van der Waals surface area contributed by atoms with Gasteiger partial charge in [-0.05, 0) is 35.6 Å². The lowest BCUT2D eigenvalue weighted by Gasteiger charge is -2.15. The highest BCUT2D eigenvalue weighted by molar-refractivity contribution is 5.94. The molecule has 0 N–H and O–H groups in total. The molecule has 0 radical (unpaired) electrons. The van der Waals surface area contributed by atoms with E-state index in [1.807, 2.05) is 12.1 Å². The lowest BCUT2D eigenvalue weighted by Crippen LogP contribution is -2.25. The highest BCUT2D eigenvalue weighted by Crippen LogP contribution is 2.24. The van der Waals surface area contributed by atoms with E-state index < -0.39 is 0 Å². The third-order valence-electron chi connectivity index (χ3n) is 3.10. The Labute approximate surface area is 105 Å². The van der Waals surface area contributed by atoms with Gasteiger partial charge in [-0.2, -0.15) is 0 Å². The maximum absolute atomic E-state index is 11.9. The number of carbonyl (C=O) groups is 1. The number of pyridine rings is 1. The topological polar surface area (TPSA) is 82.0 Å². The summed E-state index contributed by atoms with van der Waals surface area (Å²) in [5.74, 6) is 0.845. The largest absolute Gasteiger partial charge is 0.297 e. The summed E-state index contributed by atoms with van der Waals surface area (Å²) in [6, 6.07) is 3.88. The molecule has 1 aromatic heterocycles. The zero-order valence-corrected chi connectivity index (χ0v) is 10.3. The summed E-state index contributed by atoms with van der Waals surface area (Å²) in [6.45, 7) is 3.01. The van der Waals surface area contributed by atoms with Crippen molar-refractivity contribution >= 4 is 11.7 Å². The number of azide groups is 1. The SMILES string of the molecule is CCc1ccnc(N2CC(CN=[N+]=[N-])CC2=O)c1. The molecule has 1 fully saturated rings. The first-order valence-electron chi connectivity index (χ1n) is 6.00. The molecule has 18 heavy (non-hydrogen) atoms. The Kier molecular flexibility index (Phi) is 3.79. The molecular formula is C12H15N5O. The standard InChI is InChI=1S/C12H15N5O/c1-2-9-3-4-14-11(5-9)17-8-10(6-12(17)18)7-15-16-13/h3-5,10H,2,6-8H2,1H3. The van der Waals surface area contributed by atoms with Gasteiger partial charge >= 0.3 is 0 Å². The molecule has 6 heteroatoms. The average Bonchev–Trinajstić information content (AvgIpc) is 2.77. The van der Waals surface area contributed by atoms with E-state index in [1.54, 1.807) is 11.1 Å². The third-order valence-corrected chi connectivity index (χ3v) is 3.10. The van der Waals surface area contributed by atoms with Crippen LogP contribution in [0, 0.1) is 5.92 Å². The quantitative estimate of drug-likeness (QED) is 0.463. The summed E-state index contributed by atoms with van der Waals surface area (Å²) in [5.41, 5.74) is 9.45. The second-order valence-corrected chi connectivity index (χ2v) is 4.36. The number of rotatable bonds is 4. The van der Waals surface area contributed by atoms with Gasteiger partial charge < -0.3 is 0 Å².